The zero-order chi connectivity index (χ0) is 9.19. The molecule has 0 amide bonds. The SMILES string of the molecule is CC(C)(F)Cn1nccc1CN. The summed E-state index contributed by atoms with van der Waals surface area (Å²) in [6, 6.07) is 1.80. The van der Waals surface area contributed by atoms with Crippen molar-refractivity contribution in [3.63, 3.8) is 0 Å². The number of nitrogens with two attached hydrogens (primary N) is 1. The summed E-state index contributed by atoms with van der Waals surface area (Å²) < 4.78 is 14.8. The van der Waals surface area contributed by atoms with Gasteiger partial charge in [-0.1, -0.05) is 0 Å². The number of rotatable bonds is 3. The summed E-state index contributed by atoms with van der Waals surface area (Å²) in [5.74, 6) is 0. The lowest BCUT2D eigenvalue weighted by Gasteiger charge is -2.15. The van der Waals surface area contributed by atoms with E-state index in [0.717, 1.165) is 5.69 Å². The van der Waals surface area contributed by atoms with Gasteiger partial charge in [-0.25, -0.2) is 4.39 Å². The van der Waals surface area contributed by atoms with Gasteiger partial charge in [0.1, 0.15) is 5.67 Å². The van der Waals surface area contributed by atoms with E-state index in [4.69, 9.17) is 5.73 Å². The van der Waals surface area contributed by atoms with Crippen LogP contribution in [-0.4, -0.2) is 15.4 Å². The number of halogens is 1. The van der Waals surface area contributed by atoms with Crippen LogP contribution < -0.4 is 5.73 Å². The van der Waals surface area contributed by atoms with Gasteiger partial charge in [0.25, 0.3) is 0 Å². The van der Waals surface area contributed by atoms with Crippen molar-refractivity contribution in [3.05, 3.63) is 18.0 Å². The molecule has 0 unspecified atom stereocenters. The van der Waals surface area contributed by atoms with Crippen LogP contribution in [0.4, 0.5) is 4.39 Å². The van der Waals surface area contributed by atoms with E-state index in [9.17, 15) is 4.39 Å². The van der Waals surface area contributed by atoms with Gasteiger partial charge in [0.2, 0.25) is 0 Å². The Hall–Kier alpha value is -0.900. The largest absolute Gasteiger partial charge is 0.325 e. The third-order valence-corrected chi connectivity index (χ3v) is 1.54. The molecule has 1 rings (SSSR count). The van der Waals surface area contributed by atoms with Crippen LogP contribution in [0.15, 0.2) is 12.3 Å². The molecule has 2 N–H and O–H groups in total. The molecule has 0 spiro atoms. The lowest BCUT2D eigenvalue weighted by Crippen LogP contribution is -2.23. The molecule has 0 aliphatic heterocycles. The normalized spacial score (nSPS) is 12.0. The van der Waals surface area contributed by atoms with Gasteiger partial charge in [0.05, 0.1) is 12.2 Å². The van der Waals surface area contributed by atoms with E-state index >= 15 is 0 Å². The maximum atomic E-state index is 13.2. The molecule has 0 fully saturated rings. The van der Waals surface area contributed by atoms with Crippen molar-refractivity contribution in [2.75, 3.05) is 0 Å². The van der Waals surface area contributed by atoms with Crippen LogP contribution in [0.3, 0.4) is 0 Å². The number of hydrogen-bond acceptors (Lipinski definition) is 2. The highest BCUT2D eigenvalue weighted by Gasteiger charge is 2.17. The van der Waals surface area contributed by atoms with Gasteiger partial charge in [-0.3, -0.25) is 4.68 Å². The van der Waals surface area contributed by atoms with Crippen molar-refractivity contribution >= 4 is 0 Å². The average Bonchev–Trinajstić information content (AvgIpc) is 2.31. The highest BCUT2D eigenvalue weighted by molar-refractivity contribution is 5.00. The molecule has 0 aliphatic rings. The molecule has 68 valence electrons. The molecule has 3 nitrogen and oxygen atoms in total. The Morgan fingerprint density at radius 1 is 1.67 bits per heavy atom. The number of nitrogens with zero attached hydrogens (tertiary/aromatic N) is 2. The van der Waals surface area contributed by atoms with E-state index in [1.807, 2.05) is 0 Å². The minimum Gasteiger partial charge on any atom is -0.325 e. The predicted octanol–water partition coefficient (Wildman–Crippen LogP) is 1.09. The molecule has 0 bridgehead atoms. The number of hydrogen-bond donors (Lipinski definition) is 1. The van der Waals surface area contributed by atoms with Gasteiger partial charge >= 0.3 is 0 Å². The number of alkyl halides is 1. The van der Waals surface area contributed by atoms with Crippen LogP contribution in [0.1, 0.15) is 19.5 Å². The lowest BCUT2D eigenvalue weighted by molar-refractivity contribution is 0.177. The van der Waals surface area contributed by atoms with Crippen LogP contribution >= 0.6 is 0 Å². The molecule has 1 aromatic rings. The maximum Gasteiger partial charge on any atom is 0.125 e. The topological polar surface area (TPSA) is 43.8 Å². The Bertz CT molecular complexity index is 249. The first-order valence-corrected chi connectivity index (χ1v) is 3.92. The maximum absolute atomic E-state index is 13.2. The molecule has 1 aromatic heterocycles. The summed E-state index contributed by atoms with van der Waals surface area (Å²) in [6.07, 6.45) is 1.63. The van der Waals surface area contributed by atoms with Crippen molar-refractivity contribution in [3.8, 4) is 0 Å². The van der Waals surface area contributed by atoms with Crippen LogP contribution in [0.2, 0.25) is 0 Å². The first-order valence-electron chi connectivity index (χ1n) is 3.92. The fraction of sp³-hybridized carbons (Fsp3) is 0.625. The fourth-order valence-electron chi connectivity index (χ4n) is 1.03. The molecular weight excluding hydrogens is 157 g/mol. The molecule has 0 aromatic carbocycles. The van der Waals surface area contributed by atoms with E-state index in [0.29, 0.717) is 6.54 Å². The zero-order valence-corrected chi connectivity index (χ0v) is 7.42. The predicted molar refractivity (Wildman–Crippen MR) is 45.3 cm³/mol. The summed E-state index contributed by atoms with van der Waals surface area (Å²) in [6.45, 7) is 3.70. The average molecular weight is 171 g/mol. The third kappa shape index (κ3) is 2.30. The van der Waals surface area contributed by atoms with Crippen molar-refractivity contribution < 1.29 is 4.39 Å². The Morgan fingerprint density at radius 3 is 2.83 bits per heavy atom. The van der Waals surface area contributed by atoms with E-state index in [1.165, 1.54) is 13.8 Å². The van der Waals surface area contributed by atoms with Crippen molar-refractivity contribution in [2.45, 2.75) is 32.6 Å². The summed E-state index contributed by atoms with van der Waals surface area (Å²) in [5, 5.41) is 3.97. The molecule has 4 heteroatoms. The highest BCUT2D eigenvalue weighted by atomic mass is 19.1. The Labute approximate surface area is 71.4 Å². The number of aromatic nitrogens is 2. The molecule has 0 saturated heterocycles. The quantitative estimate of drug-likeness (QED) is 0.739. The first kappa shape index (κ1) is 9.19. The summed E-state index contributed by atoms with van der Waals surface area (Å²) >= 11 is 0. The monoisotopic (exact) mass is 171 g/mol. The molecule has 0 radical (unpaired) electrons. The van der Waals surface area contributed by atoms with Gasteiger partial charge < -0.3 is 5.73 Å². The Morgan fingerprint density at radius 2 is 2.33 bits per heavy atom. The Kier molecular flexibility index (Phi) is 2.47. The van der Waals surface area contributed by atoms with Gasteiger partial charge in [-0.2, -0.15) is 5.10 Å². The van der Waals surface area contributed by atoms with Crippen molar-refractivity contribution in [1.82, 2.24) is 9.78 Å². The smallest absolute Gasteiger partial charge is 0.125 e. The minimum atomic E-state index is -1.24. The standard InChI is InChI=1S/C8H14FN3/c1-8(2,9)6-12-7(5-10)3-4-11-12/h3-4H,5-6,10H2,1-2H3. The summed E-state index contributed by atoms with van der Waals surface area (Å²) in [5.41, 5.74) is 5.05. The molecule has 1 heterocycles. The minimum absolute atomic E-state index is 0.256. The van der Waals surface area contributed by atoms with Gasteiger partial charge in [-0.05, 0) is 19.9 Å². The van der Waals surface area contributed by atoms with Crippen molar-refractivity contribution in [2.24, 2.45) is 5.73 Å². The van der Waals surface area contributed by atoms with E-state index in [2.05, 4.69) is 5.10 Å². The van der Waals surface area contributed by atoms with Gasteiger partial charge in [0, 0.05) is 12.7 Å². The van der Waals surface area contributed by atoms with Crippen LogP contribution in [-0.2, 0) is 13.1 Å². The first-order chi connectivity index (χ1) is 5.53. The summed E-state index contributed by atoms with van der Waals surface area (Å²) in [7, 11) is 0. The van der Waals surface area contributed by atoms with Crippen LogP contribution in [0.25, 0.3) is 0 Å². The van der Waals surface area contributed by atoms with E-state index in [1.54, 1.807) is 16.9 Å². The van der Waals surface area contributed by atoms with Gasteiger partial charge in [0.15, 0.2) is 0 Å². The summed E-state index contributed by atoms with van der Waals surface area (Å²) in [4.78, 5) is 0. The molecule has 0 atom stereocenters. The second kappa shape index (κ2) is 3.23. The second-order valence-electron chi connectivity index (χ2n) is 3.40. The zero-order valence-electron chi connectivity index (χ0n) is 7.42. The molecule has 12 heavy (non-hydrogen) atoms. The van der Waals surface area contributed by atoms with Crippen LogP contribution in [0, 0.1) is 0 Å². The Balaban J connectivity index is 2.75. The van der Waals surface area contributed by atoms with Gasteiger partial charge in [-0.15, -0.1) is 0 Å². The van der Waals surface area contributed by atoms with E-state index < -0.39 is 5.67 Å². The molecule has 0 saturated carbocycles. The lowest BCUT2D eigenvalue weighted by atomic mass is 10.2. The van der Waals surface area contributed by atoms with Crippen molar-refractivity contribution in [1.29, 1.82) is 0 Å². The third-order valence-electron chi connectivity index (χ3n) is 1.54. The van der Waals surface area contributed by atoms with E-state index in [-0.39, 0.29) is 6.54 Å². The van der Waals surface area contributed by atoms with Crippen LogP contribution in [0.5, 0.6) is 0 Å². The second-order valence-corrected chi connectivity index (χ2v) is 3.40. The highest BCUT2D eigenvalue weighted by Crippen LogP contribution is 2.12. The molecule has 0 aliphatic carbocycles. The molecular formula is C8H14FN3. The fourth-order valence-corrected chi connectivity index (χ4v) is 1.03.